The molecule has 1 aliphatic carbocycles. The van der Waals surface area contributed by atoms with E-state index in [1.807, 2.05) is 0 Å². The molecule has 0 bridgehead atoms. The van der Waals surface area contributed by atoms with Gasteiger partial charge in [-0.3, -0.25) is 9.59 Å². The van der Waals surface area contributed by atoms with Gasteiger partial charge in [0.05, 0.1) is 11.8 Å². The molecule has 1 fully saturated rings. The van der Waals surface area contributed by atoms with E-state index in [0.29, 0.717) is 31.2 Å². The number of nitrogens with one attached hydrogen (secondary N) is 1. The van der Waals surface area contributed by atoms with Crippen LogP contribution in [0.15, 0.2) is 16.2 Å². The third-order valence-corrected chi connectivity index (χ3v) is 4.88. The van der Waals surface area contributed by atoms with Crippen LogP contribution in [0, 0.1) is 12.8 Å². The van der Waals surface area contributed by atoms with Crippen LogP contribution in [-0.4, -0.2) is 47.0 Å². The molecular formula is C17H24N4O3. The SMILES string of the molecule is CNC(=O)[C@@H]1CN(C(=O)CC2=CCCCC2)C[C@H]1c1nc(C)no1. The van der Waals surface area contributed by atoms with Crippen LogP contribution in [0.1, 0.15) is 49.7 Å². The van der Waals surface area contributed by atoms with Gasteiger partial charge in [0, 0.05) is 26.6 Å². The first-order chi connectivity index (χ1) is 11.6. The van der Waals surface area contributed by atoms with E-state index < -0.39 is 0 Å². The Morgan fingerprint density at radius 1 is 1.38 bits per heavy atom. The number of amides is 2. The summed E-state index contributed by atoms with van der Waals surface area (Å²) in [4.78, 5) is 30.9. The number of carbonyl (C=O) groups excluding carboxylic acids is 2. The van der Waals surface area contributed by atoms with Crippen molar-refractivity contribution in [3.63, 3.8) is 0 Å². The normalized spacial score (nSPS) is 23.9. The Morgan fingerprint density at radius 3 is 2.83 bits per heavy atom. The van der Waals surface area contributed by atoms with Crippen molar-refractivity contribution in [2.75, 3.05) is 20.1 Å². The Balaban J connectivity index is 1.72. The first kappa shape index (κ1) is 16.7. The van der Waals surface area contributed by atoms with Gasteiger partial charge in [-0.1, -0.05) is 16.8 Å². The van der Waals surface area contributed by atoms with Crippen molar-refractivity contribution in [3.05, 3.63) is 23.4 Å². The second kappa shape index (κ2) is 7.15. The minimum Gasteiger partial charge on any atom is -0.359 e. The fourth-order valence-electron chi connectivity index (χ4n) is 3.54. The van der Waals surface area contributed by atoms with E-state index in [1.165, 1.54) is 12.0 Å². The van der Waals surface area contributed by atoms with Crippen molar-refractivity contribution in [2.45, 2.75) is 44.9 Å². The molecule has 130 valence electrons. The molecule has 0 unspecified atom stereocenters. The number of aromatic nitrogens is 2. The van der Waals surface area contributed by atoms with E-state index >= 15 is 0 Å². The highest BCUT2D eigenvalue weighted by molar-refractivity contribution is 5.83. The second-order valence-electron chi connectivity index (χ2n) is 6.59. The van der Waals surface area contributed by atoms with Gasteiger partial charge >= 0.3 is 0 Å². The van der Waals surface area contributed by atoms with Crippen LogP contribution in [0.4, 0.5) is 0 Å². The fraction of sp³-hybridized carbons (Fsp3) is 0.647. The fourth-order valence-corrected chi connectivity index (χ4v) is 3.54. The maximum absolute atomic E-state index is 12.6. The number of aryl methyl sites for hydroxylation is 1. The maximum atomic E-state index is 12.6. The highest BCUT2D eigenvalue weighted by Crippen LogP contribution is 2.33. The molecule has 0 radical (unpaired) electrons. The first-order valence-corrected chi connectivity index (χ1v) is 8.56. The zero-order valence-electron chi connectivity index (χ0n) is 14.2. The number of hydrogen-bond donors (Lipinski definition) is 1. The molecule has 2 aliphatic rings. The van der Waals surface area contributed by atoms with Crippen molar-refractivity contribution in [1.29, 1.82) is 0 Å². The molecule has 1 aromatic rings. The molecule has 7 heteroatoms. The predicted molar refractivity (Wildman–Crippen MR) is 87.1 cm³/mol. The Bertz CT molecular complexity index is 652. The lowest BCUT2D eigenvalue weighted by atomic mass is 9.95. The third kappa shape index (κ3) is 3.49. The smallest absolute Gasteiger partial charge is 0.232 e. The summed E-state index contributed by atoms with van der Waals surface area (Å²) in [6.07, 6.45) is 7.07. The molecule has 0 spiro atoms. The first-order valence-electron chi connectivity index (χ1n) is 8.56. The quantitative estimate of drug-likeness (QED) is 0.845. The Morgan fingerprint density at radius 2 is 2.21 bits per heavy atom. The molecule has 2 heterocycles. The largest absolute Gasteiger partial charge is 0.359 e. The van der Waals surface area contributed by atoms with Crippen molar-refractivity contribution in [1.82, 2.24) is 20.4 Å². The zero-order valence-corrected chi connectivity index (χ0v) is 14.2. The summed E-state index contributed by atoms with van der Waals surface area (Å²) in [6.45, 7) is 2.60. The second-order valence-corrected chi connectivity index (χ2v) is 6.59. The van der Waals surface area contributed by atoms with Crippen LogP contribution in [0.25, 0.3) is 0 Å². The summed E-state index contributed by atoms with van der Waals surface area (Å²) in [6, 6.07) is 0. The van der Waals surface area contributed by atoms with E-state index in [-0.39, 0.29) is 23.7 Å². The van der Waals surface area contributed by atoms with E-state index in [4.69, 9.17) is 4.52 Å². The van der Waals surface area contributed by atoms with Crippen molar-refractivity contribution < 1.29 is 14.1 Å². The van der Waals surface area contributed by atoms with Crippen molar-refractivity contribution in [2.24, 2.45) is 5.92 Å². The molecule has 0 saturated carbocycles. The van der Waals surface area contributed by atoms with Crippen LogP contribution in [0.2, 0.25) is 0 Å². The number of allylic oxidation sites excluding steroid dienone is 1. The van der Waals surface area contributed by atoms with Gasteiger partial charge in [0.15, 0.2) is 5.82 Å². The van der Waals surface area contributed by atoms with Gasteiger partial charge in [-0.25, -0.2) is 0 Å². The maximum Gasteiger partial charge on any atom is 0.232 e. The summed E-state index contributed by atoms with van der Waals surface area (Å²) in [5.74, 6) is 0.375. The standard InChI is InChI=1S/C17H24N4O3/c1-11-19-17(24-20-11)14-10-21(9-13(14)16(23)18-2)15(22)8-12-6-4-3-5-7-12/h6,13-14H,3-5,7-10H2,1-2H3,(H,18,23)/t13-,14-/m1/s1. The molecule has 1 aliphatic heterocycles. The monoisotopic (exact) mass is 332 g/mol. The molecule has 2 amide bonds. The van der Waals surface area contributed by atoms with Crippen molar-refractivity contribution >= 4 is 11.8 Å². The van der Waals surface area contributed by atoms with Crippen LogP contribution < -0.4 is 5.32 Å². The van der Waals surface area contributed by atoms with Gasteiger partial charge in [-0.2, -0.15) is 4.98 Å². The van der Waals surface area contributed by atoms with Crippen LogP contribution in [0.3, 0.4) is 0 Å². The van der Waals surface area contributed by atoms with Gasteiger partial charge in [0.1, 0.15) is 0 Å². The number of carbonyl (C=O) groups is 2. The zero-order chi connectivity index (χ0) is 17.1. The van der Waals surface area contributed by atoms with Crippen LogP contribution in [0.5, 0.6) is 0 Å². The minimum atomic E-state index is -0.348. The molecule has 1 N–H and O–H groups in total. The molecule has 24 heavy (non-hydrogen) atoms. The molecule has 1 aromatic heterocycles. The summed E-state index contributed by atoms with van der Waals surface area (Å²) in [5, 5.41) is 6.49. The van der Waals surface area contributed by atoms with Crippen molar-refractivity contribution in [3.8, 4) is 0 Å². The highest BCUT2D eigenvalue weighted by atomic mass is 16.5. The highest BCUT2D eigenvalue weighted by Gasteiger charge is 2.42. The van der Waals surface area contributed by atoms with Crippen LogP contribution in [-0.2, 0) is 9.59 Å². The molecule has 0 aromatic carbocycles. The van der Waals surface area contributed by atoms with Gasteiger partial charge in [0.25, 0.3) is 0 Å². The van der Waals surface area contributed by atoms with Gasteiger partial charge in [-0.05, 0) is 32.6 Å². The van der Waals surface area contributed by atoms with Gasteiger partial charge in [0.2, 0.25) is 17.7 Å². The predicted octanol–water partition coefficient (Wildman–Crippen LogP) is 1.56. The van der Waals surface area contributed by atoms with E-state index in [0.717, 1.165) is 19.3 Å². The summed E-state index contributed by atoms with van der Waals surface area (Å²) < 4.78 is 5.26. The van der Waals surface area contributed by atoms with Gasteiger partial charge < -0.3 is 14.7 Å². The number of nitrogens with zero attached hydrogens (tertiary/aromatic N) is 3. The molecule has 3 rings (SSSR count). The Labute approximate surface area is 141 Å². The van der Waals surface area contributed by atoms with E-state index in [1.54, 1.807) is 18.9 Å². The number of rotatable bonds is 4. The van der Waals surface area contributed by atoms with E-state index in [9.17, 15) is 9.59 Å². The number of likely N-dealkylation sites (tertiary alicyclic amines) is 1. The third-order valence-electron chi connectivity index (χ3n) is 4.88. The summed E-state index contributed by atoms with van der Waals surface area (Å²) in [5.41, 5.74) is 1.22. The van der Waals surface area contributed by atoms with E-state index in [2.05, 4.69) is 21.5 Å². The topological polar surface area (TPSA) is 88.3 Å². The Kier molecular flexibility index (Phi) is 4.97. The molecular weight excluding hydrogens is 308 g/mol. The summed E-state index contributed by atoms with van der Waals surface area (Å²) >= 11 is 0. The average molecular weight is 332 g/mol. The lowest BCUT2D eigenvalue weighted by Gasteiger charge is -2.18. The van der Waals surface area contributed by atoms with Gasteiger partial charge in [-0.15, -0.1) is 0 Å². The number of hydrogen-bond acceptors (Lipinski definition) is 5. The Hall–Kier alpha value is -2.18. The lowest BCUT2D eigenvalue weighted by Crippen LogP contribution is -2.33. The molecule has 1 saturated heterocycles. The minimum absolute atomic E-state index is 0.0794. The lowest BCUT2D eigenvalue weighted by molar-refractivity contribution is -0.130. The molecule has 2 atom stereocenters. The van der Waals surface area contributed by atoms with Crippen LogP contribution >= 0.6 is 0 Å². The average Bonchev–Trinajstić information content (AvgIpc) is 3.21. The summed E-state index contributed by atoms with van der Waals surface area (Å²) in [7, 11) is 1.61. The molecule has 7 nitrogen and oxygen atoms in total.